The van der Waals surface area contributed by atoms with Crippen molar-refractivity contribution >= 4 is 17.2 Å². The van der Waals surface area contributed by atoms with Crippen LogP contribution < -0.4 is 19.3 Å². The van der Waals surface area contributed by atoms with Gasteiger partial charge in [-0.15, -0.1) is 0 Å². The summed E-state index contributed by atoms with van der Waals surface area (Å²) in [6, 6.07) is 8.31. The van der Waals surface area contributed by atoms with E-state index in [1.54, 1.807) is 16.2 Å². The van der Waals surface area contributed by atoms with Gasteiger partial charge in [0.25, 0.3) is 5.91 Å². The number of hydrogen-bond donors (Lipinski definition) is 2. The van der Waals surface area contributed by atoms with Crippen molar-refractivity contribution in [1.82, 2.24) is 4.90 Å². The van der Waals surface area contributed by atoms with Crippen LogP contribution in [0.15, 0.2) is 35.0 Å². The second-order valence-electron chi connectivity index (χ2n) is 7.42. The zero-order valence-electron chi connectivity index (χ0n) is 15.7. The van der Waals surface area contributed by atoms with E-state index in [9.17, 15) is 4.79 Å². The molecule has 144 valence electrons. The largest absolute Gasteiger partial charge is 0.454 e. The van der Waals surface area contributed by atoms with Crippen LogP contribution in [-0.4, -0.2) is 57.4 Å². The van der Waals surface area contributed by atoms with Crippen LogP contribution in [0, 0.1) is 0 Å². The lowest BCUT2D eigenvalue weighted by molar-refractivity contribution is -1.02. The molecule has 1 amide bonds. The van der Waals surface area contributed by atoms with Gasteiger partial charge in [-0.1, -0.05) is 0 Å². The molecule has 2 aliphatic heterocycles. The summed E-state index contributed by atoms with van der Waals surface area (Å²) in [6.07, 6.45) is 0. The molecule has 0 bridgehead atoms. The SMILES string of the molecule is CN(Cc1ccsc1)C(=O)C[NH+]1CC[NH+](Cc2ccc3c(c2)OCO3)CC1. The number of nitrogens with zero attached hydrogens (tertiary/aromatic N) is 1. The summed E-state index contributed by atoms with van der Waals surface area (Å²) in [4.78, 5) is 17.3. The van der Waals surface area contributed by atoms with Crippen molar-refractivity contribution in [3.63, 3.8) is 0 Å². The van der Waals surface area contributed by atoms with E-state index in [0.717, 1.165) is 44.2 Å². The number of amides is 1. The maximum atomic E-state index is 12.5. The quantitative estimate of drug-likeness (QED) is 0.695. The molecule has 3 heterocycles. The van der Waals surface area contributed by atoms with E-state index >= 15 is 0 Å². The summed E-state index contributed by atoms with van der Waals surface area (Å²) in [5, 5.41) is 4.16. The number of benzene rings is 1. The van der Waals surface area contributed by atoms with Gasteiger partial charge in [0.1, 0.15) is 32.7 Å². The molecule has 0 spiro atoms. The maximum absolute atomic E-state index is 12.5. The Bertz CT molecular complexity index is 773. The molecular weight excluding hydrogens is 362 g/mol. The first-order valence-electron chi connectivity index (χ1n) is 9.48. The average molecular weight is 390 g/mol. The van der Waals surface area contributed by atoms with Crippen molar-refractivity contribution in [2.75, 3.05) is 46.6 Å². The van der Waals surface area contributed by atoms with Crippen molar-refractivity contribution in [2.45, 2.75) is 13.1 Å². The van der Waals surface area contributed by atoms with Crippen molar-refractivity contribution < 1.29 is 24.1 Å². The van der Waals surface area contributed by atoms with Crippen LogP contribution in [0.1, 0.15) is 11.1 Å². The Morgan fingerprint density at radius 3 is 2.63 bits per heavy atom. The Morgan fingerprint density at radius 1 is 1.07 bits per heavy atom. The number of thiophene rings is 1. The number of piperazine rings is 1. The summed E-state index contributed by atoms with van der Waals surface area (Å²) in [5.74, 6) is 1.93. The van der Waals surface area contributed by atoms with Gasteiger partial charge in [-0.2, -0.15) is 11.3 Å². The molecule has 7 heteroatoms. The highest BCUT2D eigenvalue weighted by Crippen LogP contribution is 2.32. The van der Waals surface area contributed by atoms with Crippen LogP contribution in [-0.2, 0) is 17.9 Å². The first kappa shape index (κ1) is 18.3. The first-order chi connectivity index (χ1) is 13.2. The molecule has 1 fully saturated rings. The number of ether oxygens (including phenoxy) is 2. The predicted molar refractivity (Wildman–Crippen MR) is 103 cm³/mol. The smallest absolute Gasteiger partial charge is 0.277 e. The fourth-order valence-electron chi connectivity index (χ4n) is 3.74. The Labute approximate surface area is 163 Å². The highest BCUT2D eigenvalue weighted by Gasteiger charge is 2.26. The molecule has 0 radical (unpaired) electrons. The summed E-state index contributed by atoms with van der Waals surface area (Å²) in [7, 11) is 1.90. The highest BCUT2D eigenvalue weighted by atomic mass is 32.1. The number of nitrogens with one attached hydrogen (secondary N) is 2. The van der Waals surface area contributed by atoms with Crippen LogP contribution >= 0.6 is 11.3 Å². The zero-order valence-corrected chi connectivity index (χ0v) is 16.5. The lowest BCUT2D eigenvalue weighted by atomic mass is 10.1. The molecule has 1 aromatic carbocycles. The molecular formula is C20H27N3O3S+2. The van der Waals surface area contributed by atoms with E-state index < -0.39 is 0 Å². The van der Waals surface area contributed by atoms with E-state index in [-0.39, 0.29) is 5.91 Å². The fourth-order valence-corrected chi connectivity index (χ4v) is 4.40. The molecule has 27 heavy (non-hydrogen) atoms. The molecule has 1 aromatic heterocycles. The monoisotopic (exact) mass is 389 g/mol. The Kier molecular flexibility index (Phi) is 5.61. The van der Waals surface area contributed by atoms with Crippen LogP contribution in [0.2, 0.25) is 0 Å². The van der Waals surface area contributed by atoms with Gasteiger partial charge >= 0.3 is 0 Å². The number of quaternary nitrogens is 2. The van der Waals surface area contributed by atoms with Crippen LogP contribution in [0.4, 0.5) is 0 Å². The molecule has 1 saturated heterocycles. The molecule has 0 aliphatic carbocycles. The minimum Gasteiger partial charge on any atom is -0.454 e. The van der Waals surface area contributed by atoms with Gasteiger partial charge in [0.05, 0.1) is 0 Å². The van der Waals surface area contributed by atoms with Crippen LogP contribution in [0.25, 0.3) is 0 Å². The Balaban J connectivity index is 1.22. The number of rotatable bonds is 6. The van der Waals surface area contributed by atoms with E-state index in [0.29, 0.717) is 19.9 Å². The van der Waals surface area contributed by atoms with Gasteiger partial charge in [-0.05, 0) is 40.6 Å². The number of hydrogen-bond acceptors (Lipinski definition) is 4. The Hall–Kier alpha value is -2.09. The number of likely N-dealkylation sites (N-methyl/N-ethyl adjacent to an activating group) is 1. The maximum Gasteiger partial charge on any atom is 0.277 e. The molecule has 6 nitrogen and oxygen atoms in total. The minimum absolute atomic E-state index is 0.232. The number of fused-ring (bicyclic) bond motifs is 1. The Morgan fingerprint density at radius 2 is 1.85 bits per heavy atom. The second-order valence-corrected chi connectivity index (χ2v) is 8.20. The zero-order chi connectivity index (χ0) is 18.6. The summed E-state index contributed by atoms with van der Waals surface area (Å²) in [6.45, 7) is 6.87. The van der Waals surface area contributed by atoms with E-state index in [1.807, 2.05) is 18.0 Å². The summed E-state index contributed by atoms with van der Waals surface area (Å²) < 4.78 is 10.9. The van der Waals surface area contributed by atoms with Gasteiger partial charge in [0.15, 0.2) is 18.0 Å². The van der Waals surface area contributed by atoms with Crippen LogP contribution in [0.5, 0.6) is 11.5 Å². The molecule has 2 aliphatic rings. The second kappa shape index (κ2) is 8.29. The third-order valence-electron chi connectivity index (χ3n) is 5.38. The first-order valence-corrected chi connectivity index (χ1v) is 10.4. The number of carbonyl (C=O) groups is 1. The topological polar surface area (TPSA) is 47.7 Å². The summed E-state index contributed by atoms with van der Waals surface area (Å²) >= 11 is 1.68. The molecule has 4 rings (SSSR count). The van der Waals surface area contributed by atoms with Crippen molar-refractivity contribution in [2.24, 2.45) is 0 Å². The fraction of sp³-hybridized carbons (Fsp3) is 0.450. The van der Waals surface area contributed by atoms with Gasteiger partial charge in [0, 0.05) is 19.2 Å². The minimum atomic E-state index is 0.232. The van der Waals surface area contributed by atoms with E-state index in [4.69, 9.17) is 9.47 Å². The third-order valence-corrected chi connectivity index (χ3v) is 6.11. The molecule has 0 atom stereocenters. The van der Waals surface area contributed by atoms with Gasteiger partial charge < -0.3 is 24.2 Å². The van der Waals surface area contributed by atoms with Gasteiger partial charge in [-0.3, -0.25) is 4.79 Å². The normalized spacial score (nSPS) is 21.2. The lowest BCUT2D eigenvalue weighted by Crippen LogP contribution is -3.28. The van der Waals surface area contributed by atoms with Crippen molar-refractivity contribution in [1.29, 1.82) is 0 Å². The molecule has 2 aromatic rings. The van der Waals surface area contributed by atoms with E-state index in [2.05, 4.69) is 29.0 Å². The molecule has 2 N–H and O–H groups in total. The molecule has 0 unspecified atom stereocenters. The van der Waals surface area contributed by atoms with Gasteiger partial charge in [-0.25, -0.2) is 0 Å². The summed E-state index contributed by atoms with van der Waals surface area (Å²) in [5.41, 5.74) is 2.49. The molecule has 0 saturated carbocycles. The lowest BCUT2D eigenvalue weighted by Gasteiger charge is -2.30. The van der Waals surface area contributed by atoms with Gasteiger partial charge in [0.2, 0.25) is 6.79 Å². The third kappa shape index (κ3) is 4.61. The predicted octanol–water partition coefficient (Wildman–Crippen LogP) is -0.581. The highest BCUT2D eigenvalue weighted by molar-refractivity contribution is 7.07. The van der Waals surface area contributed by atoms with Crippen molar-refractivity contribution in [3.05, 3.63) is 46.2 Å². The van der Waals surface area contributed by atoms with Crippen LogP contribution in [0.3, 0.4) is 0 Å². The standard InChI is InChI=1S/C20H25N3O3S/c1-21(11-17-4-9-27-14-17)20(24)13-23-7-5-22(6-8-23)12-16-2-3-18-19(10-16)26-15-25-18/h2-4,9-10,14H,5-8,11-13,15H2,1H3/p+2. The average Bonchev–Trinajstić information content (AvgIpc) is 3.34. The van der Waals surface area contributed by atoms with E-state index in [1.165, 1.54) is 16.0 Å². The number of carbonyl (C=O) groups excluding carboxylic acids is 1. The van der Waals surface area contributed by atoms with Crippen molar-refractivity contribution in [3.8, 4) is 11.5 Å².